The van der Waals surface area contributed by atoms with Gasteiger partial charge in [-0.2, -0.15) is 0 Å². The summed E-state index contributed by atoms with van der Waals surface area (Å²) in [7, 11) is 1.68. The van der Waals surface area contributed by atoms with Crippen LogP contribution in [0.25, 0.3) is 0 Å². The Morgan fingerprint density at radius 3 is 2.74 bits per heavy atom. The topological polar surface area (TPSA) is 38.3 Å². The van der Waals surface area contributed by atoms with Crippen LogP contribution in [-0.2, 0) is 11.2 Å². The van der Waals surface area contributed by atoms with Gasteiger partial charge >= 0.3 is 0 Å². The van der Waals surface area contributed by atoms with Crippen LogP contribution in [0.1, 0.15) is 50.8 Å². The lowest BCUT2D eigenvalue weighted by Gasteiger charge is -2.29. The molecule has 0 aliphatic heterocycles. The van der Waals surface area contributed by atoms with Crippen molar-refractivity contribution in [2.45, 2.75) is 46.1 Å². The van der Waals surface area contributed by atoms with Crippen molar-refractivity contribution in [1.82, 2.24) is 5.32 Å². The summed E-state index contributed by atoms with van der Waals surface area (Å²) >= 11 is 0. The Morgan fingerprint density at radius 2 is 2.11 bits per heavy atom. The first-order chi connectivity index (χ1) is 8.91. The Bertz CT molecular complexity index is 474. The average Bonchev–Trinajstić information content (AvgIpc) is 2.37. The van der Waals surface area contributed by atoms with E-state index in [0.717, 1.165) is 25.0 Å². The van der Waals surface area contributed by atoms with Crippen LogP contribution in [0.15, 0.2) is 18.2 Å². The van der Waals surface area contributed by atoms with Crippen molar-refractivity contribution >= 4 is 5.91 Å². The van der Waals surface area contributed by atoms with E-state index in [1.807, 2.05) is 26.8 Å². The minimum absolute atomic E-state index is 0.112. The SMILES string of the molecule is COc1ccc2c(c1)CCCC2NC(=O)C(C)(C)C. The second kappa shape index (κ2) is 5.24. The molecule has 104 valence electrons. The maximum absolute atomic E-state index is 12.1. The molecule has 1 aliphatic rings. The summed E-state index contributed by atoms with van der Waals surface area (Å²) in [4.78, 5) is 12.1. The Hall–Kier alpha value is -1.51. The molecule has 1 atom stereocenters. The standard InChI is InChI=1S/C16H23NO2/c1-16(2,3)15(18)17-14-7-5-6-11-10-12(19-4)8-9-13(11)14/h8-10,14H,5-7H2,1-4H3,(H,17,18). The molecule has 0 saturated heterocycles. The van der Waals surface area contributed by atoms with E-state index >= 15 is 0 Å². The molecular formula is C16H23NO2. The number of ether oxygens (including phenoxy) is 1. The summed E-state index contributed by atoms with van der Waals surface area (Å²) in [6.07, 6.45) is 3.19. The fourth-order valence-corrected chi connectivity index (χ4v) is 2.44. The van der Waals surface area contributed by atoms with E-state index in [4.69, 9.17) is 4.74 Å². The van der Waals surface area contributed by atoms with Gasteiger partial charge in [0.15, 0.2) is 0 Å². The van der Waals surface area contributed by atoms with Gasteiger partial charge in [-0.1, -0.05) is 26.8 Å². The third-order valence-electron chi connectivity index (χ3n) is 3.65. The van der Waals surface area contributed by atoms with E-state index < -0.39 is 0 Å². The number of fused-ring (bicyclic) bond motifs is 1. The number of amides is 1. The number of hydrogen-bond acceptors (Lipinski definition) is 2. The van der Waals surface area contributed by atoms with Gasteiger partial charge in [-0.05, 0) is 42.5 Å². The van der Waals surface area contributed by atoms with Gasteiger partial charge < -0.3 is 10.1 Å². The lowest BCUT2D eigenvalue weighted by molar-refractivity contribution is -0.129. The summed E-state index contributed by atoms with van der Waals surface area (Å²) < 4.78 is 5.26. The zero-order chi connectivity index (χ0) is 14.0. The van der Waals surface area contributed by atoms with Crippen molar-refractivity contribution in [3.63, 3.8) is 0 Å². The molecule has 0 spiro atoms. The third-order valence-corrected chi connectivity index (χ3v) is 3.65. The second-order valence-corrected chi connectivity index (χ2v) is 6.23. The highest BCUT2D eigenvalue weighted by molar-refractivity contribution is 5.81. The van der Waals surface area contributed by atoms with Gasteiger partial charge in [0, 0.05) is 5.41 Å². The Balaban J connectivity index is 2.21. The molecule has 0 heterocycles. The van der Waals surface area contributed by atoms with Crippen molar-refractivity contribution in [3.05, 3.63) is 29.3 Å². The van der Waals surface area contributed by atoms with E-state index in [-0.39, 0.29) is 17.4 Å². The van der Waals surface area contributed by atoms with Gasteiger partial charge in [0.1, 0.15) is 5.75 Å². The van der Waals surface area contributed by atoms with Gasteiger partial charge in [-0.3, -0.25) is 4.79 Å². The summed E-state index contributed by atoms with van der Waals surface area (Å²) in [6, 6.07) is 6.29. The monoisotopic (exact) mass is 261 g/mol. The lowest BCUT2D eigenvalue weighted by Crippen LogP contribution is -2.38. The van der Waals surface area contributed by atoms with Gasteiger partial charge in [0.2, 0.25) is 5.91 Å². The molecule has 1 aromatic rings. The molecule has 0 aromatic heterocycles. The maximum atomic E-state index is 12.1. The molecule has 1 unspecified atom stereocenters. The Morgan fingerprint density at radius 1 is 1.37 bits per heavy atom. The predicted molar refractivity (Wildman–Crippen MR) is 76.3 cm³/mol. The maximum Gasteiger partial charge on any atom is 0.225 e. The van der Waals surface area contributed by atoms with Gasteiger partial charge in [0.05, 0.1) is 13.2 Å². The van der Waals surface area contributed by atoms with Crippen molar-refractivity contribution in [1.29, 1.82) is 0 Å². The van der Waals surface area contributed by atoms with Crippen molar-refractivity contribution in [2.24, 2.45) is 5.41 Å². The summed E-state index contributed by atoms with van der Waals surface area (Å²) in [6.45, 7) is 5.83. The van der Waals surface area contributed by atoms with E-state index in [1.165, 1.54) is 11.1 Å². The zero-order valence-corrected chi connectivity index (χ0v) is 12.2. The van der Waals surface area contributed by atoms with E-state index in [0.29, 0.717) is 0 Å². The predicted octanol–water partition coefficient (Wildman–Crippen LogP) is 3.23. The fourth-order valence-electron chi connectivity index (χ4n) is 2.44. The Kier molecular flexibility index (Phi) is 3.83. The van der Waals surface area contributed by atoms with Crippen LogP contribution in [0.4, 0.5) is 0 Å². The fraction of sp³-hybridized carbons (Fsp3) is 0.562. The normalized spacial score (nSPS) is 18.6. The second-order valence-electron chi connectivity index (χ2n) is 6.23. The smallest absolute Gasteiger partial charge is 0.225 e. The summed E-state index contributed by atoms with van der Waals surface area (Å²) in [5.74, 6) is 1.00. The Labute approximate surface area is 115 Å². The first-order valence-corrected chi connectivity index (χ1v) is 6.89. The number of aryl methyl sites for hydroxylation is 1. The molecule has 2 rings (SSSR count). The largest absolute Gasteiger partial charge is 0.497 e. The van der Waals surface area contributed by atoms with Crippen LogP contribution >= 0.6 is 0 Å². The number of hydrogen-bond donors (Lipinski definition) is 1. The highest BCUT2D eigenvalue weighted by atomic mass is 16.5. The zero-order valence-electron chi connectivity index (χ0n) is 12.2. The lowest BCUT2D eigenvalue weighted by atomic mass is 9.86. The molecule has 0 fully saturated rings. The van der Waals surface area contributed by atoms with Crippen molar-refractivity contribution < 1.29 is 9.53 Å². The van der Waals surface area contributed by atoms with E-state index in [1.54, 1.807) is 7.11 Å². The highest BCUT2D eigenvalue weighted by Crippen LogP contribution is 2.32. The van der Waals surface area contributed by atoms with Crippen LogP contribution in [0.2, 0.25) is 0 Å². The molecule has 0 bridgehead atoms. The van der Waals surface area contributed by atoms with Gasteiger partial charge in [-0.25, -0.2) is 0 Å². The van der Waals surface area contributed by atoms with Gasteiger partial charge in [-0.15, -0.1) is 0 Å². The minimum atomic E-state index is -0.343. The van der Waals surface area contributed by atoms with Crippen LogP contribution in [0.3, 0.4) is 0 Å². The molecule has 3 nitrogen and oxygen atoms in total. The minimum Gasteiger partial charge on any atom is -0.497 e. The number of carbonyl (C=O) groups is 1. The molecule has 3 heteroatoms. The highest BCUT2D eigenvalue weighted by Gasteiger charge is 2.27. The quantitative estimate of drug-likeness (QED) is 0.887. The van der Waals surface area contributed by atoms with E-state index in [2.05, 4.69) is 17.4 Å². The van der Waals surface area contributed by atoms with Crippen molar-refractivity contribution in [3.8, 4) is 5.75 Å². The number of benzene rings is 1. The molecule has 19 heavy (non-hydrogen) atoms. The van der Waals surface area contributed by atoms with Crippen LogP contribution < -0.4 is 10.1 Å². The third kappa shape index (κ3) is 3.09. The van der Waals surface area contributed by atoms with Crippen LogP contribution in [0.5, 0.6) is 5.75 Å². The average molecular weight is 261 g/mol. The number of nitrogens with one attached hydrogen (secondary N) is 1. The first kappa shape index (κ1) is 13.9. The summed E-state index contributed by atoms with van der Waals surface area (Å²) in [5.41, 5.74) is 2.19. The molecule has 0 saturated carbocycles. The van der Waals surface area contributed by atoms with Crippen LogP contribution in [0, 0.1) is 5.41 Å². The first-order valence-electron chi connectivity index (χ1n) is 6.89. The van der Waals surface area contributed by atoms with Gasteiger partial charge in [0.25, 0.3) is 0 Å². The molecule has 1 aliphatic carbocycles. The van der Waals surface area contributed by atoms with Crippen LogP contribution in [-0.4, -0.2) is 13.0 Å². The summed E-state index contributed by atoms with van der Waals surface area (Å²) in [5, 5.41) is 3.17. The molecule has 0 radical (unpaired) electrons. The number of carbonyl (C=O) groups excluding carboxylic acids is 1. The molecule has 1 amide bonds. The number of rotatable bonds is 2. The molecular weight excluding hydrogens is 238 g/mol. The molecule has 1 N–H and O–H groups in total. The van der Waals surface area contributed by atoms with E-state index in [9.17, 15) is 4.79 Å². The number of methoxy groups -OCH3 is 1. The molecule has 1 aromatic carbocycles. The van der Waals surface area contributed by atoms with Crippen molar-refractivity contribution in [2.75, 3.05) is 7.11 Å².